The van der Waals surface area contributed by atoms with E-state index in [4.69, 9.17) is 14.9 Å². The van der Waals surface area contributed by atoms with E-state index in [9.17, 15) is 9.59 Å². The molecule has 1 heterocycles. The second-order valence-electron chi connectivity index (χ2n) is 6.79. The van der Waals surface area contributed by atoms with Crippen LogP contribution in [0.15, 0.2) is 57.7 Å². The summed E-state index contributed by atoms with van der Waals surface area (Å²) < 4.78 is 11.0. The molecular formula is C20H19NO4. The fourth-order valence-corrected chi connectivity index (χ4v) is 2.61. The highest BCUT2D eigenvalue weighted by Crippen LogP contribution is 2.30. The van der Waals surface area contributed by atoms with Gasteiger partial charge in [-0.25, -0.2) is 4.79 Å². The first-order chi connectivity index (χ1) is 11.7. The van der Waals surface area contributed by atoms with Crippen molar-refractivity contribution in [3.8, 4) is 16.9 Å². The molecule has 0 unspecified atom stereocenters. The first kappa shape index (κ1) is 16.8. The number of hydrogen-bond donors (Lipinski definition) is 1. The summed E-state index contributed by atoms with van der Waals surface area (Å²) >= 11 is 0. The van der Waals surface area contributed by atoms with Crippen LogP contribution in [0.1, 0.15) is 31.1 Å². The fourth-order valence-electron chi connectivity index (χ4n) is 2.61. The van der Waals surface area contributed by atoms with E-state index in [1.54, 1.807) is 12.1 Å². The second-order valence-corrected chi connectivity index (χ2v) is 6.79. The quantitative estimate of drug-likeness (QED) is 0.738. The van der Waals surface area contributed by atoms with E-state index in [0.717, 1.165) is 11.3 Å². The Kier molecular flexibility index (Phi) is 4.08. The monoisotopic (exact) mass is 337 g/mol. The molecule has 1 aromatic heterocycles. The minimum Gasteiger partial charge on any atom is -0.488 e. The van der Waals surface area contributed by atoms with Gasteiger partial charge in [-0.05, 0) is 62.2 Å². The van der Waals surface area contributed by atoms with E-state index in [1.165, 1.54) is 12.1 Å². The van der Waals surface area contributed by atoms with Crippen molar-refractivity contribution in [2.45, 2.75) is 26.4 Å². The van der Waals surface area contributed by atoms with Gasteiger partial charge in [-0.2, -0.15) is 0 Å². The van der Waals surface area contributed by atoms with Crippen LogP contribution in [0.5, 0.6) is 5.75 Å². The van der Waals surface area contributed by atoms with Crippen LogP contribution in [-0.2, 0) is 0 Å². The summed E-state index contributed by atoms with van der Waals surface area (Å²) in [4.78, 5) is 23.3. The van der Waals surface area contributed by atoms with Gasteiger partial charge < -0.3 is 14.9 Å². The predicted octanol–water partition coefficient (Wildman–Crippen LogP) is 3.74. The first-order valence-electron chi connectivity index (χ1n) is 7.90. The van der Waals surface area contributed by atoms with Crippen LogP contribution in [0.2, 0.25) is 0 Å². The molecule has 0 bridgehead atoms. The topological polar surface area (TPSA) is 82.5 Å². The van der Waals surface area contributed by atoms with Gasteiger partial charge in [0.1, 0.15) is 16.9 Å². The number of benzene rings is 2. The van der Waals surface area contributed by atoms with Gasteiger partial charge >= 0.3 is 5.63 Å². The number of carbonyl (C=O) groups is 1. The van der Waals surface area contributed by atoms with E-state index in [0.29, 0.717) is 22.1 Å². The molecule has 0 saturated carbocycles. The summed E-state index contributed by atoms with van der Waals surface area (Å²) in [6.07, 6.45) is 0. The summed E-state index contributed by atoms with van der Waals surface area (Å²) in [5, 5.41) is 0.653. The molecule has 5 heteroatoms. The minimum absolute atomic E-state index is 0.293. The Morgan fingerprint density at radius 2 is 1.72 bits per heavy atom. The molecule has 128 valence electrons. The van der Waals surface area contributed by atoms with Gasteiger partial charge in [-0.15, -0.1) is 0 Å². The lowest BCUT2D eigenvalue weighted by Crippen LogP contribution is -2.22. The van der Waals surface area contributed by atoms with Crippen molar-refractivity contribution >= 4 is 16.9 Å². The number of amides is 1. The van der Waals surface area contributed by atoms with Crippen LogP contribution >= 0.6 is 0 Å². The largest absolute Gasteiger partial charge is 0.488 e. The number of primary amides is 1. The third-order valence-corrected chi connectivity index (χ3v) is 3.62. The molecule has 2 N–H and O–H groups in total. The molecule has 3 rings (SSSR count). The van der Waals surface area contributed by atoms with Crippen LogP contribution in [0.3, 0.4) is 0 Å². The Morgan fingerprint density at radius 1 is 1.04 bits per heavy atom. The lowest BCUT2D eigenvalue weighted by atomic mass is 10.00. The van der Waals surface area contributed by atoms with E-state index in [2.05, 4.69) is 0 Å². The molecule has 5 nitrogen and oxygen atoms in total. The van der Waals surface area contributed by atoms with E-state index in [-0.39, 0.29) is 5.60 Å². The number of carbonyl (C=O) groups excluding carboxylic acids is 1. The Labute approximate surface area is 145 Å². The highest BCUT2D eigenvalue weighted by atomic mass is 16.5. The summed E-state index contributed by atoms with van der Waals surface area (Å²) in [7, 11) is 0. The Balaban J connectivity index is 2.12. The van der Waals surface area contributed by atoms with E-state index in [1.807, 2.05) is 45.0 Å². The smallest absolute Gasteiger partial charge is 0.336 e. The summed E-state index contributed by atoms with van der Waals surface area (Å²) in [6.45, 7) is 5.92. The molecular weight excluding hydrogens is 318 g/mol. The fraction of sp³-hybridized carbons (Fsp3) is 0.200. The van der Waals surface area contributed by atoms with Crippen LogP contribution in [0.25, 0.3) is 22.1 Å². The predicted molar refractivity (Wildman–Crippen MR) is 96.8 cm³/mol. The molecule has 0 saturated heterocycles. The summed E-state index contributed by atoms with van der Waals surface area (Å²) in [6, 6.07) is 13.6. The number of hydrogen-bond acceptors (Lipinski definition) is 4. The SMILES string of the molecule is CC(C)(C)Oc1ccc(-c2cc(=O)oc3ccc(C(N)=O)cc23)cc1. The standard InChI is InChI=1S/C20H19NO4/c1-20(2,3)25-14-7-4-12(5-8-14)15-11-18(22)24-17-9-6-13(19(21)23)10-16(15)17/h4-11H,1-3H3,(H2,21,23). The number of fused-ring (bicyclic) bond motifs is 1. The molecule has 0 aliphatic carbocycles. The average molecular weight is 337 g/mol. The zero-order chi connectivity index (χ0) is 18.2. The van der Waals surface area contributed by atoms with Crippen LogP contribution in [0, 0.1) is 0 Å². The van der Waals surface area contributed by atoms with E-state index >= 15 is 0 Å². The summed E-state index contributed by atoms with van der Waals surface area (Å²) in [5.74, 6) is 0.203. The molecule has 0 spiro atoms. The van der Waals surface area contributed by atoms with Gasteiger partial charge in [0, 0.05) is 17.0 Å². The van der Waals surface area contributed by atoms with Gasteiger partial charge in [0.15, 0.2) is 0 Å². The van der Waals surface area contributed by atoms with Gasteiger partial charge in [-0.3, -0.25) is 4.79 Å². The third-order valence-electron chi connectivity index (χ3n) is 3.62. The van der Waals surface area contributed by atoms with Crippen molar-refractivity contribution in [3.63, 3.8) is 0 Å². The number of ether oxygens (including phenoxy) is 1. The van der Waals surface area contributed by atoms with Crippen LogP contribution in [-0.4, -0.2) is 11.5 Å². The molecule has 25 heavy (non-hydrogen) atoms. The van der Waals surface area contributed by atoms with Gasteiger partial charge in [0.25, 0.3) is 0 Å². The lowest BCUT2D eigenvalue weighted by Gasteiger charge is -2.21. The van der Waals surface area contributed by atoms with Gasteiger partial charge in [-0.1, -0.05) is 12.1 Å². The maximum atomic E-state index is 11.9. The Morgan fingerprint density at radius 3 is 2.32 bits per heavy atom. The van der Waals surface area contributed by atoms with Crippen molar-refractivity contribution < 1.29 is 13.9 Å². The highest BCUT2D eigenvalue weighted by Gasteiger charge is 2.13. The normalized spacial score (nSPS) is 11.5. The number of rotatable bonds is 3. The molecule has 0 radical (unpaired) electrons. The van der Waals surface area contributed by atoms with Crippen molar-refractivity contribution in [1.82, 2.24) is 0 Å². The van der Waals surface area contributed by atoms with Crippen LogP contribution in [0.4, 0.5) is 0 Å². The molecule has 2 aromatic carbocycles. The maximum absolute atomic E-state index is 11.9. The van der Waals surface area contributed by atoms with Crippen molar-refractivity contribution in [2.24, 2.45) is 5.73 Å². The Hall–Kier alpha value is -3.08. The molecule has 0 aliphatic rings. The van der Waals surface area contributed by atoms with Crippen molar-refractivity contribution in [1.29, 1.82) is 0 Å². The lowest BCUT2D eigenvalue weighted by molar-refractivity contribution is 0.100. The van der Waals surface area contributed by atoms with Crippen molar-refractivity contribution in [2.75, 3.05) is 0 Å². The summed E-state index contributed by atoms with van der Waals surface area (Å²) in [5.41, 5.74) is 6.87. The molecule has 0 aliphatic heterocycles. The van der Waals surface area contributed by atoms with Crippen molar-refractivity contribution in [3.05, 3.63) is 64.5 Å². The molecule has 1 amide bonds. The zero-order valence-corrected chi connectivity index (χ0v) is 14.3. The maximum Gasteiger partial charge on any atom is 0.336 e. The minimum atomic E-state index is -0.534. The van der Waals surface area contributed by atoms with Gasteiger partial charge in [0.05, 0.1) is 0 Å². The molecule has 3 aromatic rings. The number of nitrogens with two attached hydrogens (primary N) is 1. The first-order valence-corrected chi connectivity index (χ1v) is 7.90. The second kappa shape index (κ2) is 6.09. The average Bonchev–Trinajstić information content (AvgIpc) is 2.53. The Bertz CT molecular complexity index is 995. The zero-order valence-electron chi connectivity index (χ0n) is 14.3. The van der Waals surface area contributed by atoms with E-state index < -0.39 is 11.5 Å². The highest BCUT2D eigenvalue weighted by molar-refractivity contribution is 6.00. The van der Waals surface area contributed by atoms with Gasteiger partial charge in [0.2, 0.25) is 5.91 Å². The molecule has 0 fully saturated rings. The third kappa shape index (κ3) is 3.71. The van der Waals surface area contributed by atoms with Crippen LogP contribution < -0.4 is 16.1 Å². The molecule has 0 atom stereocenters.